The summed E-state index contributed by atoms with van der Waals surface area (Å²) in [6, 6.07) is 14.0. The number of benzene rings is 2. The molecule has 0 bridgehead atoms. The van der Waals surface area contributed by atoms with E-state index in [1.165, 1.54) is 12.1 Å². The van der Waals surface area contributed by atoms with Crippen molar-refractivity contribution >= 4 is 21.8 Å². The molecule has 2 aromatic rings. The molecule has 0 radical (unpaired) electrons. The summed E-state index contributed by atoms with van der Waals surface area (Å²) >= 11 is 3.41. The lowest BCUT2D eigenvalue weighted by molar-refractivity contribution is -0.121. The van der Waals surface area contributed by atoms with Gasteiger partial charge in [0.15, 0.2) is 0 Å². The van der Waals surface area contributed by atoms with E-state index in [1.807, 2.05) is 24.3 Å². The largest absolute Gasteiger partial charge is 0.352 e. The first-order chi connectivity index (χ1) is 9.63. The van der Waals surface area contributed by atoms with Gasteiger partial charge in [0.1, 0.15) is 5.82 Å². The number of rotatable bonds is 5. The molecule has 0 saturated carbocycles. The Morgan fingerprint density at radius 1 is 1.10 bits per heavy atom. The number of nitrogens with one attached hydrogen (secondary N) is 1. The highest BCUT2D eigenvalue weighted by atomic mass is 79.9. The smallest absolute Gasteiger partial charge is 0.220 e. The van der Waals surface area contributed by atoms with E-state index in [2.05, 4.69) is 21.2 Å². The molecular formula is C16H15BrFNO. The number of hydrogen-bond acceptors (Lipinski definition) is 1. The SMILES string of the molecule is O=C(CCc1cccc(Br)c1)NCc1ccc(F)cc1. The maximum Gasteiger partial charge on any atom is 0.220 e. The highest BCUT2D eigenvalue weighted by molar-refractivity contribution is 9.10. The van der Waals surface area contributed by atoms with Crippen molar-refractivity contribution in [1.82, 2.24) is 5.32 Å². The summed E-state index contributed by atoms with van der Waals surface area (Å²) in [6.45, 7) is 0.428. The molecule has 104 valence electrons. The van der Waals surface area contributed by atoms with Crippen LogP contribution in [-0.2, 0) is 17.8 Å². The van der Waals surface area contributed by atoms with Crippen molar-refractivity contribution in [1.29, 1.82) is 0 Å². The van der Waals surface area contributed by atoms with E-state index in [9.17, 15) is 9.18 Å². The Bertz CT molecular complexity index is 583. The van der Waals surface area contributed by atoms with Crippen LogP contribution in [0.15, 0.2) is 53.0 Å². The minimum Gasteiger partial charge on any atom is -0.352 e. The molecule has 0 heterocycles. The predicted molar refractivity (Wildman–Crippen MR) is 80.7 cm³/mol. The van der Waals surface area contributed by atoms with E-state index >= 15 is 0 Å². The third-order valence-corrected chi connectivity index (χ3v) is 3.43. The molecule has 1 amide bonds. The molecule has 0 fully saturated rings. The molecule has 20 heavy (non-hydrogen) atoms. The zero-order valence-electron chi connectivity index (χ0n) is 10.9. The summed E-state index contributed by atoms with van der Waals surface area (Å²) in [4.78, 5) is 11.7. The van der Waals surface area contributed by atoms with Gasteiger partial charge >= 0.3 is 0 Å². The first-order valence-corrected chi connectivity index (χ1v) is 7.18. The van der Waals surface area contributed by atoms with Gasteiger partial charge < -0.3 is 5.32 Å². The Morgan fingerprint density at radius 2 is 1.85 bits per heavy atom. The van der Waals surface area contributed by atoms with Gasteiger partial charge in [0, 0.05) is 17.4 Å². The Kier molecular flexibility index (Phi) is 5.30. The van der Waals surface area contributed by atoms with Gasteiger partial charge in [-0.05, 0) is 41.8 Å². The average Bonchev–Trinajstić information content (AvgIpc) is 2.45. The van der Waals surface area contributed by atoms with Crippen molar-refractivity contribution < 1.29 is 9.18 Å². The van der Waals surface area contributed by atoms with Crippen LogP contribution in [0.25, 0.3) is 0 Å². The standard InChI is InChI=1S/C16H15BrFNO/c17-14-3-1-2-12(10-14)6-9-16(20)19-11-13-4-7-15(18)8-5-13/h1-5,7-8,10H,6,9,11H2,(H,19,20). The monoisotopic (exact) mass is 335 g/mol. The van der Waals surface area contributed by atoms with E-state index in [0.717, 1.165) is 15.6 Å². The Labute approximate surface area is 126 Å². The van der Waals surface area contributed by atoms with Gasteiger partial charge in [-0.2, -0.15) is 0 Å². The first kappa shape index (κ1) is 14.7. The molecule has 0 unspecified atom stereocenters. The van der Waals surface area contributed by atoms with Crippen LogP contribution in [0.2, 0.25) is 0 Å². The highest BCUT2D eigenvalue weighted by Crippen LogP contribution is 2.13. The number of carbonyl (C=O) groups excluding carboxylic acids is 1. The Balaban J connectivity index is 1.77. The van der Waals surface area contributed by atoms with Gasteiger partial charge in [-0.25, -0.2) is 4.39 Å². The average molecular weight is 336 g/mol. The molecule has 1 N–H and O–H groups in total. The molecule has 0 aliphatic carbocycles. The second kappa shape index (κ2) is 7.20. The van der Waals surface area contributed by atoms with Crippen LogP contribution in [0.5, 0.6) is 0 Å². The summed E-state index contributed by atoms with van der Waals surface area (Å²) in [5, 5.41) is 2.83. The lowest BCUT2D eigenvalue weighted by Gasteiger charge is -2.06. The maximum atomic E-state index is 12.7. The fourth-order valence-electron chi connectivity index (χ4n) is 1.84. The fourth-order valence-corrected chi connectivity index (χ4v) is 2.29. The van der Waals surface area contributed by atoms with Crippen LogP contribution >= 0.6 is 15.9 Å². The van der Waals surface area contributed by atoms with Crippen molar-refractivity contribution in [3.8, 4) is 0 Å². The zero-order valence-corrected chi connectivity index (χ0v) is 12.5. The molecule has 2 nitrogen and oxygen atoms in total. The van der Waals surface area contributed by atoms with Crippen LogP contribution in [0, 0.1) is 5.82 Å². The lowest BCUT2D eigenvalue weighted by Crippen LogP contribution is -2.22. The Hall–Kier alpha value is -1.68. The summed E-state index contributed by atoms with van der Waals surface area (Å²) in [7, 11) is 0. The molecule has 2 aromatic carbocycles. The normalized spacial score (nSPS) is 10.3. The molecular weight excluding hydrogens is 321 g/mol. The fraction of sp³-hybridized carbons (Fsp3) is 0.188. The van der Waals surface area contributed by atoms with Crippen LogP contribution < -0.4 is 5.32 Å². The van der Waals surface area contributed by atoms with E-state index in [4.69, 9.17) is 0 Å². The van der Waals surface area contributed by atoms with Crippen LogP contribution in [0.3, 0.4) is 0 Å². The van der Waals surface area contributed by atoms with E-state index in [0.29, 0.717) is 19.4 Å². The van der Waals surface area contributed by atoms with Gasteiger partial charge in [-0.1, -0.05) is 40.2 Å². The summed E-state index contributed by atoms with van der Waals surface area (Å²) in [6.07, 6.45) is 1.15. The number of halogens is 2. The molecule has 0 aliphatic rings. The van der Waals surface area contributed by atoms with Crippen LogP contribution in [-0.4, -0.2) is 5.91 Å². The topological polar surface area (TPSA) is 29.1 Å². The molecule has 0 atom stereocenters. The lowest BCUT2D eigenvalue weighted by atomic mass is 10.1. The number of aryl methyl sites for hydroxylation is 1. The van der Waals surface area contributed by atoms with Crippen LogP contribution in [0.1, 0.15) is 17.5 Å². The molecule has 0 saturated heterocycles. The zero-order chi connectivity index (χ0) is 14.4. The number of carbonyl (C=O) groups is 1. The van der Waals surface area contributed by atoms with Gasteiger partial charge in [0.05, 0.1) is 0 Å². The second-order valence-corrected chi connectivity index (χ2v) is 5.45. The summed E-state index contributed by atoms with van der Waals surface area (Å²) in [5.41, 5.74) is 2.01. The van der Waals surface area contributed by atoms with Crippen molar-refractivity contribution in [3.05, 3.63) is 69.9 Å². The summed E-state index contributed by atoms with van der Waals surface area (Å²) < 4.78 is 13.8. The van der Waals surface area contributed by atoms with Crippen molar-refractivity contribution in [2.45, 2.75) is 19.4 Å². The highest BCUT2D eigenvalue weighted by Gasteiger charge is 2.03. The van der Waals surface area contributed by atoms with Crippen molar-refractivity contribution in [3.63, 3.8) is 0 Å². The third kappa shape index (κ3) is 4.78. The Morgan fingerprint density at radius 3 is 2.55 bits per heavy atom. The van der Waals surface area contributed by atoms with E-state index < -0.39 is 0 Å². The number of amides is 1. The third-order valence-electron chi connectivity index (χ3n) is 2.93. The minimum absolute atomic E-state index is 0.00528. The first-order valence-electron chi connectivity index (χ1n) is 6.39. The quantitative estimate of drug-likeness (QED) is 0.883. The molecule has 2 rings (SSSR count). The van der Waals surface area contributed by atoms with Gasteiger partial charge in [0.2, 0.25) is 5.91 Å². The molecule has 0 spiro atoms. The van der Waals surface area contributed by atoms with Gasteiger partial charge in [-0.15, -0.1) is 0 Å². The maximum absolute atomic E-state index is 12.7. The van der Waals surface area contributed by atoms with Crippen LogP contribution in [0.4, 0.5) is 4.39 Å². The van der Waals surface area contributed by atoms with E-state index in [1.54, 1.807) is 12.1 Å². The van der Waals surface area contributed by atoms with Gasteiger partial charge in [-0.3, -0.25) is 4.79 Å². The summed E-state index contributed by atoms with van der Waals surface area (Å²) in [5.74, 6) is -0.274. The van der Waals surface area contributed by atoms with Crippen molar-refractivity contribution in [2.24, 2.45) is 0 Å². The number of hydrogen-bond donors (Lipinski definition) is 1. The van der Waals surface area contributed by atoms with E-state index in [-0.39, 0.29) is 11.7 Å². The minimum atomic E-state index is -0.269. The van der Waals surface area contributed by atoms with Gasteiger partial charge in [0.25, 0.3) is 0 Å². The second-order valence-electron chi connectivity index (χ2n) is 4.53. The predicted octanol–water partition coefficient (Wildman–Crippen LogP) is 3.84. The molecule has 0 aromatic heterocycles. The molecule has 0 aliphatic heterocycles. The molecule has 4 heteroatoms. The van der Waals surface area contributed by atoms with Crippen molar-refractivity contribution in [2.75, 3.05) is 0 Å².